The number of benzene rings is 1. The molecule has 0 saturated carbocycles. The zero-order valence-electron chi connectivity index (χ0n) is 16.5. The summed E-state index contributed by atoms with van der Waals surface area (Å²) in [6, 6.07) is 4.07. The van der Waals surface area contributed by atoms with E-state index in [0.717, 1.165) is 31.0 Å². The molecule has 1 aliphatic heterocycles. The van der Waals surface area contributed by atoms with Crippen LogP contribution in [0.4, 0.5) is 0 Å². The quantitative estimate of drug-likeness (QED) is 0.769. The van der Waals surface area contributed by atoms with E-state index in [1.807, 2.05) is 26.0 Å². The standard InChI is InChI=1S/C20H30N2O4/c1-14(23)12-20(2,3)21-19(24)7-9-22-8-6-15-10-17(25-4)18(26-5)11-16(15)13-22/h10-11H,6-9,12-13H2,1-5H3,(H,21,24). The third-order valence-corrected chi connectivity index (χ3v) is 4.62. The summed E-state index contributed by atoms with van der Waals surface area (Å²) in [6.07, 6.45) is 1.69. The SMILES string of the molecule is COc1cc2c(cc1OC)CN(CCC(=O)NC(C)(C)CC(C)=O)CC2. The number of ketones is 1. The van der Waals surface area contributed by atoms with Crippen LogP contribution in [0.15, 0.2) is 12.1 Å². The lowest BCUT2D eigenvalue weighted by Crippen LogP contribution is -2.45. The molecule has 0 unspecified atom stereocenters. The van der Waals surface area contributed by atoms with Crippen molar-refractivity contribution >= 4 is 11.7 Å². The van der Waals surface area contributed by atoms with E-state index < -0.39 is 5.54 Å². The van der Waals surface area contributed by atoms with E-state index in [9.17, 15) is 9.59 Å². The van der Waals surface area contributed by atoms with Crippen molar-refractivity contribution in [1.29, 1.82) is 0 Å². The maximum absolute atomic E-state index is 12.2. The van der Waals surface area contributed by atoms with E-state index in [4.69, 9.17) is 9.47 Å². The van der Waals surface area contributed by atoms with Crippen molar-refractivity contribution in [3.63, 3.8) is 0 Å². The molecule has 0 saturated heterocycles. The first-order chi connectivity index (χ1) is 12.2. The monoisotopic (exact) mass is 362 g/mol. The highest BCUT2D eigenvalue weighted by atomic mass is 16.5. The lowest BCUT2D eigenvalue weighted by Gasteiger charge is -2.30. The van der Waals surface area contributed by atoms with Crippen molar-refractivity contribution in [3.8, 4) is 11.5 Å². The van der Waals surface area contributed by atoms with Gasteiger partial charge in [-0.2, -0.15) is 0 Å². The number of fused-ring (bicyclic) bond motifs is 1. The fourth-order valence-electron chi connectivity index (χ4n) is 3.50. The van der Waals surface area contributed by atoms with Gasteiger partial charge < -0.3 is 14.8 Å². The minimum Gasteiger partial charge on any atom is -0.493 e. The second kappa shape index (κ2) is 8.54. The van der Waals surface area contributed by atoms with E-state index in [0.29, 0.717) is 19.4 Å². The Balaban J connectivity index is 1.91. The molecule has 6 nitrogen and oxygen atoms in total. The number of hydrogen-bond acceptors (Lipinski definition) is 5. The minimum absolute atomic E-state index is 0.0191. The van der Waals surface area contributed by atoms with Gasteiger partial charge in [-0.25, -0.2) is 0 Å². The molecular weight excluding hydrogens is 332 g/mol. The number of ether oxygens (including phenoxy) is 2. The number of carbonyl (C=O) groups excluding carboxylic acids is 2. The Kier molecular flexibility index (Phi) is 6.64. The molecule has 1 heterocycles. The number of rotatable bonds is 8. The van der Waals surface area contributed by atoms with Crippen LogP contribution >= 0.6 is 0 Å². The molecule has 1 N–H and O–H groups in total. The summed E-state index contributed by atoms with van der Waals surface area (Å²) in [4.78, 5) is 25.8. The van der Waals surface area contributed by atoms with E-state index in [-0.39, 0.29) is 11.7 Å². The van der Waals surface area contributed by atoms with E-state index in [1.165, 1.54) is 11.1 Å². The second-order valence-corrected chi connectivity index (χ2v) is 7.56. The van der Waals surface area contributed by atoms with Gasteiger partial charge in [0, 0.05) is 38.0 Å². The Morgan fingerprint density at radius 1 is 1.15 bits per heavy atom. The summed E-state index contributed by atoms with van der Waals surface area (Å²) in [5.74, 6) is 1.55. The van der Waals surface area contributed by atoms with Crippen LogP contribution in [-0.4, -0.2) is 49.4 Å². The molecule has 0 bridgehead atoms. The van der Waals surface area contributed by atoms with Crippen molar-refractivity contribution < 1.29 is 19.1 Å². The van der Waals surface area contributed by atoms with Crippen molar-refractivity contribution in [2.24, 2.45) is 0 Å². The molecule has 1 aromatic rings. The molecular formula is C20H30N2O4. The van der Waals surface area contributed by atoms with Gasteiger partial charge in [0.1, 0.15) is 5.78 Å². The summed E-state index contributed by atoms with van der Waals surface area (Å²) >= 11 is 0. The summed E-state index contributed by atoms with van der Waals surface area (Å²) in [5.41, 5.74) is 1.98. The first kappa shape index (κ1) is 20.2. The topological polar surface area (TPSA) is 67.9 Å². The van der Waals surface area contributed by atoms with E-state index in [2.05, 4.69) is 10.2 Å². The molecule has 0 aliphatic carbocycles. The van der Waals surface area contributed by atoms with Gasteiger partial charge in [0.05, 0.1) is 14.2 Å². The zero-order chi connectivity index (χ0) is 19.3. The Labute approximate surface area is 155 Å². The van der Waals surface area contributed by atoms with E-state index >= 15 is 0 Å². The van der Waals surface area contributed by atoms with Gasteiger partial charge in [0.2, 0.25) is 5.91 Å². The van der Waals surface area contributed by atoms with Gasteiger partial charge in [-0.05, 0) is 50.5 Å². The predicted molar refractivity (Wildman–Crippen MR) is 101 cm³/mol. The molecule has 0 spiro atoms. The van der Waals surface area contributed by atoms with Gasteiger partial charge in [0.25, 0.3) is 0 Å². The van der Waals surface area contributed by atoms with Crippen LogP contribution in [0, 0.1) is 0 Å². The number of methoxy groups -OCH3 is 2. The van der Waals surface area contributed by atoms with Gasteiger partial charge in [-0.3, -0.25) is 14.5 Å². The fraction of sp³-hybridized carbons (Fsp3) is 0.600. The average molecular weight is 362 g/mol. The van der Waals surface area contributed by atoms with E-state index in [1.54, 1.807) is 21.1 Å². The molecule has 0 radical (unpaired) electrons. The Morgan fingerprint density at radius 2 is 1.77 bits per heavy atom. The number of nitrogens with zero attached hydrogens (tertiary/aromatic N) is 1. The summed E-state index contributed by atoms with van der Waals surface area (Å²) in [5, 5.41) is 2.96. The predicted octanol–water partition coefficient (Wildman–Crippen LogP) is 2.33. The van der Waals surface area contributed by atoms with Crippen LogP contribution in [-0.2, 0) is 22.6 Å². The molecule has 0 atom stereocenters. The minimum atomic E-state index is -0.499. The number of nitrogens with one attached hydrogen (secondary N) is 1. The first-order valence-electron chi connectivity index (χ1n) is 9.00. The molecule has 1 aliphatic rings. The average Bonchev–Trinajstić information content (AvgIpc) is 2.56. The number of carbonyl (C=O) groups is 2. The molecule has 2 rings (SSSR count). The van der Waals surface area contributed by atoms with Crippen molar-refractivity contribution in [3.05, 3.63) is 23.3 Å². The summed E-state index contributed by atoms with van der Waals surface area (Å²) in [7, 11) is 3.28. The van der Waals surface area contributed by atoms with Crippen molar-refractivity contribution in [2.45, 2.75) is 52.1 Å². The number of hydrogen-bond donors (Lipinski definition) is 1. The lowest BCUT2D eigenvalue weighted by atomic mass is 9.97. The molecule has 26 heavy (non-hydrogen) atoms. The molecule has 0 aromatic heterocycles. The Hall–Kier alpha value is -2.08. The van der Waals surface area contributed by atoms with Crippen LogP contribution in [0.5, 0.6) is 11.5 Å². The third-order valence-electron chi connectivity index (χ3n) is 4.62. The maximum Gasteiger partial charge on any atom is 0.221 e. The lowest BCUT2D eigenvalue weighted by molar-refractivity contribution is -0.124. The highest BCUT2D eigenvalue weighted by Gasteiger charge is 2.24. The number of amides is 1. The molecule has 1 aromatic carbocycles. The molecule has 144 valence electrons. The fourth-order valence-corrected chi connectivity index (χ4v) is 3.50. The van der Waals surface area contributed by atoms with Gasteiger partial charge in [0.15, 0.2) is 11.5 Å². The molecule has 1 amide bonds. The first-order valence-corrected chi connectivity index (χ1v) is 9.00. The summed E-state index contributed by atoms with van der Waals surface area (Å²) in [6.45, 7) is 7.69. The molecule has 0 fully saturated rings. The van der Waals surface area contributed by atoms with Crippen LogP contribution in [0.25, 0.3) is 0 Å². The summed E-state index contributed by atoms with van der Waals surface area (Å²) < 4.78 is 10.8. The number of Topliss-reactive ketones (excluding diaryl/α,β-unsaturated/α-hetero) is 1. The Bertz CT molecular complexity index is 670. The van der Waals surface area contributed by atoms with Crippen LogP contribution in [0.3, 0.4) is 0 Å². The van der Waals surface area contributed by atoms with Crippen LogP contribution in [0.1, 0.15) is 44.7 Å². The third kappa shape index (κ3) is 5.46. The zero-order valence-corrected chi connectivity index (χ0v) is 16.5. The highest BCUT2D eigenvalue weighted by molar-refractivity contribution is 5.80. The van der Waals surface area contributed by atoms with Crippen molar-refractivity contribution in [1.82, 2.24) is 10.2 Å². The Morgan fingerprint density at radius 3 is 2.35 bits per heavy atom. The van der Waals surface area contributed by atoms with Crippen LogP contribution in [0.2, 0.25) is 0 Å². The van der Waals surface area contributed by atoms with Crippen molar-refractivity contribution in [2.75, 3.05) is 27.3 Å². The second-order valence-electron chi connectivity index (χ2n) is 7.56. The van der Waals surface area contributed by atoms with Gasteiger partial charge in [-0.15, -0.1) is 0 Å². The van der Waals surface area contributed by atoms with Crippen LogP contribution < -0.4 is 14.8 Å². The van der Waals surface area contributed by atoms with Gasteiger partial charge >= 0.3 is 0 Å². The van der Waals surface area contributed by atoms with Gasteiger partial charge in [-0.1, -0.05) is 0 Å². The smallest absolute Gasteiger partial charge is 0.221 e. The normalized spacial score (nSPS) is 14.5. The largest absolute Gasteiger partial charge is 0.493 e. The maximum atomic E-state index is 12.2. The highest BCUT2D eigenvalue weighted by Crippen LogP contribution is 2.33. The molecule has 6 heteroatoms.